The first-order valence-corrected chi connectivity index (χ1v) is 8.65. The second-order valence-corrected chi connectivity index (χ2v) is 6.19. The van der Waals surface area contributed by atoms with Gasteiger partial charge in [-0.15, -0.1) is 0 Å². The highest BCUT2D eigenvalue weighted by molar-refractivity contribution is 6.30. The van der Waals surface area contributed by atoms with Gasteiger partial charge in [-0.05, 0) is 43.2 Å². The average Bonchev–Trinajstić information content (AvgIpc) is 2.95. The summed E-state index contributed by atoms with van der Waals surface area (Å²) < 4.78 is 7.01. The Balaban J connectivity index is 2.40. The minimum atomic E-state index is -0.451. The summed E-state index contributed by atoms with van der Waals surface area (Å²) in [7, 11) is 0. The summed E-state index contributed by atoms with van der Waals surface area (Å²) in [6.45, 7) is 3.76. The summed E-state index contributed by atoms with van der Waals surface area (Å²) in [5, 5.41) is 0.544. The Morgan fingerprint density at radius 3 is 2.50 bits per heavy atom. The van der Waals surface area contributed by atoms with Crippen LogP contribution in [0.2, 0.25) is 5.02 Å². The summed E-state index contributed by atoms with van der Waals surface area (Å²) in [5.41, 5.74) is 3.50. The molecule has 26 heavy (non-hydrogen) atoms. The van der Waals surface area contributed by atoms with Gasteiger partial charge in [0.05, 0.1) is 23.6 Å². The summed E-state index contributed by atoms with van der Waals surface area (Å²) in [5.74, 6) is -0.451. The highest BCUT2D eigenvalue weighted by Gasteiger charge is 2.27. The van der Waals surface area contributed by atoms with Crippen LogP contribution in [0.15, 0.2) is 54.6 Å². The number of ether oxygens (including phenoxy) is 1. The zero-order chi connectivity index (χ0) is 18.7. The normalized spacial score (nSPS) is 10.6. The SMILES string of the molecule is CCOC(=O)c1c(C)c(C=O)n(-c2cccc(Cl)c2)c1-c1ccccc1. The molecular weight excluding hydrogens is 350 g/mol. The minimum Gasteiger partial charge on any atom is -0.462 e. The third kappa shape index (κ3) is 3.16. The number of rotatable bonds is 5. The molecule has 0 N–H and O–H groups in total. The first-order chi connectivity index (χ1) is 12.6. The van der Waals surface area contributed by atoms with Crippen LogP contribution in [0.1, 0.15) is 33.3 Å². The molecule has 0 fully saturated rings. The van der Waals surface area contributed by atoms with Crippen molar-refractivity contribution in [2.75, 3.05) is 6.61 Å². The van der Waals surface area contributed by atoms with Crippen molar-refractivity contribution >= 4 is 23.9 Å². The molecule has 3 aromatic rings. The molecule has 0 aliphatic rings. The van der Waals surface area contributed by atoms with Crippen LogP contribution >= 0.6 is 11.6 Å². The molecule has 0 radical (unpaired) electrons. The van der Waals surface area contributed by atoms with E-state index in [2.05, 4.69) is 0 Å². The third-order valence-corrected chi connectivity index (χ3v) is 4.40. The van der Waals surface area contributed by atoms with E-state index >= 15 is 0 Å². The van der Waals surface area contributed by atoms with Crippen LogP contribution in [0.4, 0.5) is 0 Å². The van der Waals surface area contributed by atoms with Crippen LogP contribution in [-0.4, -0.2) is 23.4 Å². The molecule has 0 aliphatic heterocycles. The quantitative estimate of drug-likeness (QED) is 0.466. The summed E-state index contributed by atoms with van der Waals surface area (Å²) in [6, 6.07) is 16.6. The monoisotopic (exact) mass is 367 g/mol. The van der Waals surface area contributed by atoms with Gasteiger partial charge < -0.3 is 9.30 Å². The van der Waals surface area contributed by atoms with E-state index in [-0.39, 0.29) is 6.61 Å². The van der Waals surface area contributed by atoms with Crippen LogP contribution in [0, 0.1) is 6.92 Å². The maximum Gasteiger partial charge on any atom is 0.340 e. The predicted octanol–water partition coefficient (Wildman–Crippen LogP) is 5.10. The molecule has 1 heterocycles. The Morgan fingerprint density at radius 2 is 1.88 bits per heavy atom. The van der Waals surface area contributed by atoms with Gasteiger partial charge in [-0.3, -0.25) is 4.79 Å². The highest BCUT2D eigenvalue weighted by Crippen LogP contribution is 2.35. The fourth-order valence-corrected chi connectivity index (χ4v) is 3.24. The van der Waals surface area contributed by atoms with Gasteiger partial charge in [-0.2, -0.15) is 0 Å². The van der Waals surface area contributed by atoms with Gasteiger partial charge in [0.15, 0.2) is 6.29 Å². The largest absolute Gasteiger partial charge is 0.462 e. The molecule has 0 unspecified atom stereocenters. The Bertz CT molecular complexity index is 961. The third-order valence-electron chi connectivity index (χ3n) is 4.17. The number of aromatic nitrogens is 1. The maximum absolute atomic E-state index is 12.7. The van der Waals surface area contributed by atoms with E-state index in [1.54, 1.807) is 36.6 Å². The van der Waals surface area contributed by atoms with Crippen LogP contribution in [0.3, 0.4) is 0 Å². The van der Waals surface area contributed by atoms with Gasteiger partial charge in [-0.25, -0.2) is 4.79 Å². The summed E-state index contributed by atoms with van der Waals surface area (Å²) in [6.07, 6.45) is 0.755. The first-order valence-electron chi connectivity index (χ1n) is 8.27. The van der Waals surface area contributed by atoms with E-state index in [0.29, 0.717) is 33.2 Å². The van der Waals surface area contributed by atoms with Crippen molar-refractivity contribution in [2.24, 2.45) is 0 Å². The smallest absolute Gasteiger partial charge is 0.340 e. The second kappa shape index (κ2) is 7.58. The number of carbonyl (C=O) groups excluding carboxylic acids is 2. The standard InChI is InChI=1S/C21H18ClNO3/c1-3-26-21(25)19-14(2)18(13-24)23(17-11-7-10-16(22)12-17)20(19)15-8-5-4-6-9-15/h4-13H,3H2,1-2H3. The van der Waals surface area contributed by atoms with E-state index in [4.69, 9.17) is 16.3 Å². The first kappa shape index (κ1) is 18.0. The van der Waals surface area contributed by atoms with Crippen molar-refractivity contribution in [1.29, 1.82) is 0 Å². The lowest BCUT2D eigenvalue weighted by Gasteiger charge is -2.13. The highest BCUT2D eigenvalue weighted by atomic mass is 35.5. The van der Waals surface area contributed by atoms with Gasteiger partial charge in [0.2, 0.25) is 0 Å². The number of carbonyl (C=O) groups is 2. The fraction of sp³-hybridized carbons (Fsp3) is 0.143. The van der Waals surface area contributed by atoms with Crippen LogP contribution in [0.25, 0.3) is 16.9 Å². The lowest BCUT2D eigenvalue weighted by Crippen LogP contribution is -2.08. The lowest BCUT2D eigenvalue weighted by atomic mass is 10.0. The lowest BCUT2D eigenvalue weighted by molar-refractivity contribution is 0.0526. The maximum atomic E-state index is 12.7. The number of esters is 1. The zero-order valence-corrected chi connectivity index (χ0v) is 15.3. The van der Waals surface area contributed by atoms with Crippen LogP contribution < -0.4 is 0 Å². The Kier molecular flexibility index (Phi) is 5.24. The van der Waals surface area contributed by atoms with Gasteiger partial charge in [0.25, 0.3) is 0 Å². The van der Waals surface area contributed by atoms with Crippen molar-refractivity contribution in [2.45, 2.75) is 13.8 Å². The number of hydrogen-bond acceptors (Lipinski definition) is 3. The predicted molar refractivity (Wildman–Crippen MR) is 102 cm³/mol. The van der Waals surface area contributed by atoms with Crippen LogP contribution in [-0.2, 0) is 4.74 Å². The molecule has 0 saturated heterocycles. The molecular formula is C21H18ClNO3. The number of halogens is 1. The van der Waals surface area contributed by atoms with Crippen molar-refractivity contribution in [3.63, 3.8) is 0 Å². The fourth-order valence-electron chi connectivity index (χ4n) is 3.05. The number of hydrogen-bond donors (Lipinski definition) is 0. The molecule has 0 aliphatic carbocycles. The molecule has 132 valence electrons. The van der Waals surface area contributed by atoms with E-state index in [0.717, 1.165) is 11.8 Å². The second-order valence-electron chi connectivity index (χ2n) is 5.75. The van der Waals surface area contributed by atoms with Crippen LogP contribution in [0.5, 0.6) is 0 Å². The van der Waals surface area contributed by atoms with E-state index in [9.17, 15) is 9.59 Å². The summed E-state index contributed by atoms with van der Waals surface area (Å²) in [4.78, 5) is 24.5. The molecule has 5 heteroatoms. The Labute approximate surface area is 157 Å². The van der Waals surface area contributed by atoms with Crippen molar-refractivity contribution in [3.05, 3.63) is 76.4 Å². The molecule has 0 atom stereocenters. The number of nitrogens with zero attached hydrogens (tertiary/aromatic N) is 1. The van der Waals surface area contributed by atoms with Gasteiger partial charge in [0, 0.05) is 10.7 Å². The average molecular weight is 368 g/mol. The van der Waals surface area contributed by atoms with Gasteiger partial charge >= 0.3 is 5.97 Å². The van der Waals surface area contributed by atoms with E-state index in [1.165, 1.54) is 0 Å². The number of aldehydes is 1. The minimum absolute atomic E-state index is 0.255. The van der Waals surface area contributed by atoms with Gasteiger partial charge in [-0.1, -0.05) is 48.0 Å². The molecule has 2 aromatic carbocycles. The Morgan fingerprint density at radius 1 is 1.15 bits per heavy atom. The molecule has 0 saturated carbocycles. The molecule has 4 nitrogen and oxygen atoms in total. The molecule has 0 bridgehead atoms. The van der Waals surface area contributed by atoms with E-state index in [1.807, 2.05) is 36.4 Å². The van der Waals surface area contributed by atoms with Crippen molar-refractivity contribution in [1.82, 2.24) is 4.57 Å². The molecule has 3 rings (SSSR count). The molecule has 0 amide bonds. The molecule has 0 spiro atoms. The Hall–Kier alpha value is -2.85. The zero-order valence-electron chi connectivity index (χ0n) is 14.5. The topological polar surface area (TPSA) is 48.3 Å². The summed E-state index contributed by atoms with van der Waals surface area (Å²) >= 11 is 6.15. The van der Waals surface area contributed by atoms with Gasteiger partial charge in [0.1, 0.15) is 0 Å². The van der Waals surface area contributed by atoms with E-state index < -0.39 is 5.97 Å². The number of benzene rings is 2. The van der Waals surface area contributed by atoms with Crippen molar-refractivity contribution in [3.8, 4) is 16.9 Å². The molecule has 1 aromatic heterocycles. The van der Waals surface area contributed by atoms with Crippen molar-refractivity contribution < 1.29 is 14.3 Å².